The van der Waals surface area contributed by atoms with Gasteiger partial charge in [-0.3, -0.25) is 9.69 Å². The smallest absolute Gasteiger partial charge is 0.236 e. The number of piperazine rings is 1. The molecule has 0 radical (unpaired) electrons. The van der Waals surface area contributed by atoms with E-state index in [9.17, 15) is 4.79 Å². The van der Waals surface area contributed by atoms with E-state index in [0.717, 1.165) is 44.2 Å². The summed E-state index contributed by atoms with van der Waals surface area (Å²) in [7, 11) is 0. The lowest BCUT2D eigenvalue weighted by molar-refractivity contribution is -0.132. The van der Waals surface area contributed by atoms with Crippen LogP contribution < -0.4 is 14.8 Å². The molecule has 1 fully saturated rings. The number of fused-ring (bicyclic) bond motifs is 2. The Bertz CT molecular complexity index is 1100. The van der Waals surface area contributed by atoms with Gasteiger partial charge in [-0.05, 0) is 41.0 Å². The summed E-state index contributed by atoms with van der Waals surface area (Å²) in [4.78, 5) is 17.2. The number of amides is 1. The molecule has 6 heteroatoms. The van der Waals surface area contributed by atoms with E-state index in [-0.39, 0.29) is 11.9 Å². The molecule has 2 heterocycles. The van der Waals surface area contributed by atoms with Crippen LogP contribution in [-0.4, -0.2) is 55.2 Å². The highest BCUT2D eigenvalue weighted by Gasteiger charge is 2.22. The first-order valence-electron chi connectivity index (χ1n) is 11.3. The van der Waals surface area contributed by atoms with Crippen molar-refractivity contribution in [3.05, 3.63) is 71.8 Å². The van der Waals surface area contributed by atoms with Crippen molar-refractivity contribution in [2.24, 2.45) is 0 Å². The summed E-state index contributed by atoms with van der Waals surface area (Å²) in [6.45, 7) is 6.90. The van der Waals surface area contributed by atoms with Gasteiger partial charge in [0.05, 0.1) is 6.54 Å². The molecule has 3 aromatic carbocycles. The van der Waals surface area contributed by atoms with Gasteiger partial charge in [-0.1, -0.05) is 48.5 Å². The van der Waals surface area contributed by atoms with E-state index < -0.39 is 0 Å². The summed E-state index contributed by atoms with van der Waals surface area (Å²) in [5, 5.41) is 5.89. The molecular formula is C26H29N3O3. The average molecular weight is 432 g/mol. The fourth-order valence-electron chi connectivity index (χ4n) is 4.54. The minimum absolute atomic E-state index is 0.109. The molecule has 5 rings (SSSR count). The van der Waals surface area contributed by atoms with Crippen molar-refractivity contribution < 1.29 is 14.3 Å². The van der Waals surface area contributed by atoms with E-state index in [2.05, 4.69) is 71.7 Å². The Morgan fingerprint density at radius 1 is 0.969 bits per heavy atom. The molecule has 0 saturated carbocycles. The zero-order chi connectivity index (χ0) is 21.9. The van der Waals surface area contributed by atoms with E-state index in [4.69, 9.17) is 9.47 Å². The van der Waals surface area contributed by atoms with Gasteiger partial charge in [-0.25, -0.2) is 0 Å². The number of ether oxygens (including phenoxy) is 2. The predicted molar refractivity (Wildman–Crippen MR) is 125 cm³/mol. The number of carbonyl (C=O) groups excluding carboxylic acids is 1. The molecule has 3 aromatic rings. The van der Waals surface area contributed by atoms with Gasteiger partial charge >= 0.3 is 0 Å². The lowest BCUT2D eigenvalue weighted by atomic mass is 10.00. The summed E-state index contributed by atoms with van der Waals surface area (Å²) >= 11 is 0. The minimum Gasteiger partial charge on any atom is -0.454 e. The quantitative estimate of drug-likeness (QED) is 0.647. The van der Waals surface area contributed by atoms with Gasteiger partial charge in [0, 0.05) is 38.8 Å². The first-order valence-corrected chi connectivity index (χ1v) is 11.3. The van der Waals surface area contributed by atoms with Crippen molar-refractivity contribution in [3.63, 3.8) is 0 Å². The van der Waals surface area contributed by atoms with E-state index in [1.807, 2.05) is 11.0 Å². The third kappa shape index (κ3) is 4.42. The highest BCUT2D eigenvalue weighted by atomic mass is 16.7. The summed E-state index contributed by atoms with van der Waals surface area (Å²) in [6, 6.07) is 21.0. The maximum Gasteiger partial charge on any atom is 0.236 e. The van der Waals surface area contributed by atoms with Gasteiger partial charge in [0.15, 0.2) is 11.5 Å². The summed E-state index contributed by atoms with van der Waals surface area (Å²) in [5.74, 6) is 1.80. The average Bonchev–Trinajstić information content (AvgIpc) is 3.30. The Hall–Kier alpha value is -3.09. The molecule has 1 amide bonds. The number of hydrogen-bond acceptors (Lipinski definition) is 5. The van der Waals surface area contributed by atoms with Crippen LogP contribution in [0.3, 0.4) is 0 Å². The highest BCUT2D eigenvalue weighted by molar-refractivity contribution is 5.86. The fourth-order valence-corrected chi connectivity index (χ4v) is 4.54. The van der Waals surface area contributed by atoms with Crippen molar-refractivity contribution >= 4 is 16.7 Å². The number of benzene rings is 3. The Labute approximate surface area is 188 Å². The van der Waals surface area contributed by atoms with Crippen LogP contribution in [0.4, 0.5) is 0 Å². The fraction of sp³-hybridized carbons (Fsp3) is 0.346. The first-order chi connectivity index (χ1) is 15.7. The monoisotopic (exact) mass is 431 g/mol. The molecule has 166 valence electrons. The SMILES string of the molecule is CC(NCC(=O)N1CCN(Cc2ccc3c(c2)OCO3)CC1)c1cccc2ccccc12. The second-order valence-electron chi connectivity index (χ2n) is 8.52. The van der Waals surface area contributed by atoms with Gasteiger partial charge < -0.3 is 19.7 Å². The van der Waals surface area contributed by atoms with E-state index in [0.29, 0.717) is 13.3 Å². The molecule has 0 bridgehead atoms. The molecule has 2 aliphatic rings. The lowest BCUT2D eigenvalue weighted by Gasteiger charge is -2.35. The molecule has 1 N–H and O–H groups in total. The van der Waals surface area contributed by atoms with Gasteiger partial charge in [-0.15, -0.1) is 0 Å². The highest BCUT2D eigenvalue weighted by Crippen LogP contribution is 2.33. The van der Waals surface area contributed by atoms with Gasteiger partial charge in [-0.2, -0.15) is 0 Å². The Balaban J connectivity index is 1.11. The zero-order valence-corrected chi connectivity index (χ0v) is 18.4. The molecule has 0 aromatic heterocycles. The molecule has 6 nitrogen and oxygen atoms in total. The second kappa shape index (κ2) is 9.18. The van der Waals surface area contributed by atoms with Crippen LogP contribution in [-0.2, 0) is 11.3 Å². The van der Waals surface area contributed by atoms with Crippen LogP contribution in [0.1, 0.15) is 24.1 Å². The number of hydrogen-bond donors (Lipinski definition) is 1. The summed E-state index contributed by atoms with van der Waals surface area (Å²) in [6.07, 6.45) is 0. The largest absolute Gasteiger partial charge is 0.454 e. The van der Waals surface area contributed by atoms with E-state index in [1.165, 1.54) is 21.9 Å². The molecule has 1 unspecified atom stereocenters. The number of carbonyl (C=O) groups is 1. The van der Waals surface area contributed by atoms with Crippen LogP contribution in [0, 0.1) is 0 Å². The predicted octanol–water partition coefficient (Wildman–Crippen LogP) is 3.56. The third-order valence-electron chi connectivity index (χ3n) is 6.42. The second-order valence-corrected chi connectivity index (χ2v) is 8.52. The molecule has 0 aliphatic carbocycles. The minimum atomic E-state index is 0.109. The molecule has 32 heavy (non-hydrogen) atoms. The zero-order valence-electron chi connectivity index (χ0n) is 18.4. The molecule has 1 atom stereocenters. The standard InChI is InChI=1S/C26H29N3O3/c1-19(22-8-4-6-21-5-2-3-7-23(21)22)27-16-26(30)29-13-11-28(12-14-29)17-20-9-10-24-25(15-20)32-18-31-24/h2-10,15,19,27H,11-14,16-18H2,1H3. The van der Waals surface area contributed by atoms with Crippen LogP contribution in [0.2, 0.25) is 0 Å². The van der Waals surface area contributed by atoms with Crippen molar-refractivity contribution in [2.45, 2.75) is 19.5 Å². The maximum atomic E-state index is 12.8. The van der Waals surface area contributed by atoms with Gasteiger partial charge in [0.2, 0.25) is 12.7 Å². The van der Waals surface area contributed by atoms with Gasteiger partial charge in [0.1, 0.15) is 0 Å². The number of nitrogens with zero attached hydrogens (tertiary/aromatic N) is 2. The summed E-state index contributed by atoms with van der Waals surface area (Å²) in [5.41, 5.74) is 2.43. The topological polar surface area (TPSA) is 54.0 Å². The van der Waals surface area contributed by atoms with Crippen LogP contribution in [0.15, 0.2) is 60.7 Å². The van der Waals surface area contributed by atoms with Crippen molar-refractivity contribution in [2.75, 3.05) is 39.5 Å². The third-order valence-corrected chi connectivity index (χ3v) is 6.42. The van der Waals surface area contributed by atoms with Crippen molar-refractivity contribution in [1.29, 1.82) is 0 Å². The molecule has 2 aliphatic heterocycles. The lowest BCUT2D eigenvalue weighted by Crippen LogP contribution is -2.50. The van der Waals surface area contributed by atoms with Crippen molar-refractivity contribution in [1.82, 2.24) is 15.1 Å². The molecular weight excluding hydrogens is 402 g/mol. The van der Waals surface area contributed by atoms with Crippen LogP contribution in [0.5, 0.6) is 11.5 Å². The van der Waals surface area contributed by atoms with Crippen LogP contribution in [0.25, 0.3) is 10.8 Å². The van der Waals surface area contributed by atoms with E-state index in [1.54, 1.807) is 0 Å². The Kier molecular flexibility index (Phi) is 5.97. The number of rotatable bonds is 6. The van der Waals surface area contributed by atoms with E-state index >= 15 is 0 Å². The Morgan fingerprint density at radius 2 is 1.75 bits per heavy atom. The van der Waals surface area contributed by atoms with Crippen molar-refractivity contribution in [3.8, 4) is 11.5 Å². The molecule has 0 spiro atoms. The maximum absolute atomic E-state index is 12.8. The van der Waals surface area contributed by atoms with Gasteiger partial charge in [0.25, 0.3) is 0 Å². The molecule has 1 saturated heterocycles. The first kappa shape index (κ1) is 20.8. The number of nitrogens with one attached hydrogen (secondary N) is 1. The Morgan fingerprint density at radius 3 is 2.62 bits per heavy atom. The van der Waals surface area contributed by atoms with Crippen LogP contribution >= 0.6 is 0 Å². The normalized spacial score (nSPS) is 17.0. The summed E-state index contributed by atoms with van der Waals surface area (Å²) < 4.78 is 10.9.